The molecule has 0 aliphatic carbocycles. The molecule has 1 aliphatic heterocycles. The van der Waals surface area contributed by atoms with Crippen LogP contribution in [0.1, 0.15) is 45.9 Å². The summed E-state index contributed by atoms with van der Waals surface area (Å²) in [5, 5.41) is 0.628. The number of aromatic nitrogens is 3. The summed E-state index contributed by atoms with van der Waals surface area (Å²) in [6.45, 7) is 7.01. The Hall–Kier alpha value is -2.72. The van der Waals surface area contributed by atoms with Crippen molar-refractivity contribution in [2.45, 2.75) is 44.9 Å². The zero-order valence-corrected chi connectivity index (χ0v) is 20.3. The van der Waals surface area contributed by atoms with Gasteiger partial charge in [-0.1, -0.05) is 6.07 Å². The fourth-order valence-electron chi connectivity index (χ4n) is 3.81. The van der Waals surface area contributed by atoms with Crippen LogP contribution in [0.5, 0.6) is 0 Å². The summed E-state index contributed by atoms with van der Waals surface area (Å²) in [7, 11) is -2.03. The average molecular weight is 474 g/mol. The number of carbonyl (C=O) groups excluding carboxylic acids is 1. The molecule has 3 aromatic heterocycles. The molecule has 1 N–H and O–H groups in total. The van der Waals surface area contributed by atoms with Gasteiger partial charge in [0.2, 0.25) is 0 Å². The topological polar surface area (TPSA) is 97.2 Å². The molecular weight excluding hydrogens is 446 g/mol. The number of sulfonamides is 1. The van der Waals surface area contributed by atoms with Crippen LogP contribution in [-0.2, 0) is 17.1 Å². The minimum atomic E-state index is -3.83. The van der Waals surface area contributed by atoms with Gasteiger partial charge in [-0.25, -0.2) is 18.4 Å². The number of thiazole rings is 1. The van der Waals surface area contributed by atoms with E-state index in [0.717, 1.165) is 37.9 Å². The zero-order valence-electron chi connectivity index (χ0n) is 18.7. The highest BCUT2D eigenvalue weighted by molar-refractivity contribution is 7.92. The average Bonchev–Trinajstić information content (AvgIpc) is 3.30. The van der Waals surface area contributed by atoms with Crippen molar-refractivity contribution in [1.29, 1.82) is 0 Å². The van der Waals surface area contributed by atoms with Crippen molar-refractivity contribution in [1.82, 2.24) is 19.4 Å². The molecule has 10 heteroatoms. The quantitative estimate of drug-likeness (QED) is 0.606. The van der Waals surface area contributed by atoms with Crippen molar-refractivity contribution in [2.75, 3.05) is 17.8 Å². The number of anilines is 1. The number of aryl methyl sites for hydroxylation is 2. The molecular formula is C22H27N5O3S2. The van der Waals surface area contributed by atoms with Gasteiger partial charge in [-0.3, -0.25) is 9.52 Å². The second-order valence-electron chi connectivity index (χ2n) is 8.15. The van der Waals surface area contributed by atoms with Gasteiger partial charge in [0.1, 0.15) is 20.6 Å². The van der Waals surface area contributed by atoms with Crippen molar-refractivity contribution in [3.05, 3.63) is 46.2 Å². The number of likely N-dealkylation sites (tertiary alicyclic amines) is 1. The highest BCUT2D eigenvalue weighted by atomic mass is 32.2. The molecule has 0 bridgehead atoms. The number of carbonyl (C=O) groups is 1. The summed E-state index contributed by atoms with van der Waals surface area (Å²) in [6.07, 6.45) is 4.82. The van der Waals surface area contributed by atoms with E-state index in [4.69, 9.17) is 0 Å². The maximum atomic E-state index is 13.0. The Kier molecular flexibility index (Phi) is 6.09. The number of nitrogens with one attached hydrogen (secondary N) is 1. The molecule has 0 saturated carbocycles. The van der Waals surface area contributed by atoms with E-state index in [1.807, 2.05) is 18.7 Å². The molecule has 1 amide bonds. The molecule has 1 fully saturated rings. The first kappa shape index (κ1) is 22.5. The van der Waals surface area contributed by atoms with Gasteiger partial charge in [-0.2, -0.15) is 0 Å². The highest BCUT2D eigenvalue weighted by Gasteiger charge is 2.27. The van der Waals surface area contributed by atoms with Crippen molar-refractivity contribution in [2.24, 2.45) is 7.05 Å². The lowest BCUT2D eigenvalue weighted by atomic mass is 10.1. The molecule has 0 atom stereocenters. The molecule has 32 heavy (non-hydrogen) atoms. The molecule has 0 aromatic carbocycles. The second-order valence-corrected chi connectivity index (χ2v) is 10.8. The largest absolute Gasteiger partial charge is 0.345 e. The van der Waals surface area contributed by atoms with Gasteiger partial charge in [0.05, 0.1) is 11.4 Å². The van der Waals surface area contributed by atoms with Gasteiger partial charge in [0.15, 0.2) is 0 Å². The molecule has 0 spiro atoms. The van der Waals surface area contributed by atoms with Crippen LogP contribution in [0.2, 0.25) is 0 Å². The normalized spacial score (nSPS) is 14.6. The molecule has 170 valence electrons. The van der Waals surface area contributed by atoms with Crippen molar-refractivity contribution >= 4 is 33.1 Å². The molecule has 3 aromatic rings. The van der Waals surface area contributed by atoms with Gasteiger partial charge in [-0.05, 0) is 57.7 Å². The van der Waals surface area contributed by atoms with Crippen molar-refractivity contribution < 1.29 is 13.2 Å². The molecule has 1 saturated heterocycles. The van der Waals surface area contributed by atoms with Crippen LogP contribution in [0.3, 0.4) is 0 Å². The van der Waals surface area contributed by atoms with Crippen LogP contribution in [0.4, 0.5) is 5.82 Å². The summed E-state index contributed by atoms with van der Waals surface area (Å²) < 4.78 is 30.4. The Labute approximate surface area is 192 Å². The van der Waals surface area contributed by atoms with E-state index in [1.54, 1.807) is 42.9 Å². The Morgan fingerprint density at radius 3 is 2.50 bits per heavy atom. The summed E-state index contributed by atoms with van der Waals surface area (Å²) in [5.74, 6) is 0.275. The van der Waals surface area contributed by atoms with E-state index < -0.39 is 10.0 Å². The van der Waals surface area contributed by atoms with E-state index in [9.17, 15) is 13.2 Å². The van der Waals surface area contributed by atoms with Gasteiger partial charge in [0.25, 0.3) is 15.9 Å². The van der Waals surface area contributed by atoms with E-state index >= 15 is 0 Å². The van der Waals surface area contributed by atoms with Crippen LogP contribution in [0.25, 0.3) is 10.7 Å². The number of amides is 1. The fraction of sp³-hybridized carbons (Fsp3) is 0.409. The van der Waals surface area contributed by atoms with Crippen LogP contribution in [0.15, 0.2) is 29.3 Å². The smallest absolute Gasteiger partial charge is 0.265 e. The minimum Gasteiger partial charge on any atom is -0.345 e. The summed E-state index contributed by atoms with van der Waals surface area (Å²) >= 11 is 1.32. The summed E-state index contributed by atoms with van der Waals surface area (Å²) in [4.78, 5) is 24.4. The molecule has 0 radical (unpaired) electrons. The third-order valence-electron chi connectivity index (χ3n) is 5.78. The van der Waals surface area contributed by atoms with Gasteiger partial charge in [-0.15, -0.1) is 11.3 Å². The predicted molar refractivity (Wildman–Crippen MR) is 126 cm³/mol. The third kappa shape index (κ3) is 4.29. The first-order valence-corrected chi connectivity index (χ1v) is 12.9. The Balaban J connectivity index is 1.65. The molecule has 1 aliphatic rings. The minimum absolute atomic E-state index is 0.0110. The molecule has 4 heterocycles. The Morgan fingerprint density at radius 2 is 1.84 bits per heavy atom. The van der Waals surface area contributed by atoms with Crippen LogP contribution in [0, 0.1) is 20.8 Å². The first-order valence-electron chi connectivity index (χ1n) is 10.6. The van der Waals surface area contributed by atoms with Gasteiger partial charge < -0.3 is 9.47 Å². The maximum absolute atomic E-state index is 13.0. The number of pyridine rings is 1. The van der Waals surface area contributed by atoms with Crippen molar-refractivity contribution in [3.8, 4) is 10.7 Å². The van der Waals surface area contributed by atoms with E-state index in [0.29, 0.717) is 27.0 Å². The number of rotatable bonds is 5. The number of hydrogen-bond acceptors (Lipinski definition) is 6. The molecule has 0 unspecified atom stereocenters. The summed E-state index contributed by atoms with van der Waals surface area (Å²) in [6, 6.07) is 5.04. The van der Waals surface area contributed by atoms with Crippen LogP contribution >= 0.6 is 11.3 Å². The second kappa shape index (κ2) is 8.67. The van der Waals surface area contributed by atoms with Crippen LogP contribution in [-0.4, -0.2) is 46.8 Å². The lowest BCUT2D eigenvalue weighted by Crippen LogP contribution is -2.35. The number of piperidine rings is 1. The molecule has 8 nitrogen and oxygen atoms in total. The Bertz CT molecular complexity index is 1250. The highest BCUT2D eigenvalue weighted by Crippen LogP contribution is 2.33. The van der Waals surface area contributed by atoms with Gasteiger partial charge in [0, 0.05) is 32.0 Å². The monoisotopic (exact) mass is 473 g/mol. The van der Waals surface area contributed by atoms with E-state index in [2.05, 4.69) is 14.7 Å². The van der Waals surface area contributed by atoms with E-state index in [1.165, 1.54) is 11.3 Å². The lowest BCUT2D eigenvalue weighted by molar-refractivity contribution is 0.0728. The third-order valence-corrected chi connectivity index (χ3v) is 8.42. The number of nitrogens with zero attached hydrogens (tertiary/aromatic N) is 4. The lowest BCUT2D eigenvalue weighted by Gasteiger charge is -2.26. The summed E-state index contributed by atoms with van der Waals surface area (Å²) in [5.41, 5.74) is 2.85. The predicted octanol–water partition coefficient (Wildman–Crippen LogP) is 3.90. The van der Waals surface area contributed by atoms with E-state index in [-0.39, 0.29) is 16.6 Å². The first-order chi connectivity index (χ1) is 15.2. The van der Waals surface area contributed by atoms with Gasteiger partial charge >= 0.3 is 0 Å². The van der Waals surface area contributed by atoms with Crippen LogP contribution < -0.4 is 4.72 Å². The maximum Gasteiger partial charge on any atom is 0.265 e. The Morgan fingerprint density at radius 1 is 1.12 bits per heavy atom. The fourth-order valence-corrected chi connectivity index (χ4v) is 6.20. The SMILES string of the molecule is Cc1ccc(NS(=O)(=O)c2cc(-c3nc(C)c(C(=O)N4CCCCC4)s3)n(C)c2C)nc1. The zero-order chi connectivity index (χ0) is 23.0. The standard InChI is InChI=1S/C22H27N5O3S2/c1-14-8-9-19(23-13-14)25-32(29,30)18-12-17(26(4)16(18)3)21-24-15(2)20(31-21)22(28)27-10-6-5-7-11-27/h8-9,12-13H,5-7,10-11H2,1-4H3,(H,23,25). The molecule has 4 rings (SSSR count). The number of hydrogen-bond donors (Lipinski definition) is 1. The van der Waals surface area contributed by atoms with Crippen molar-refractivity contribution in [3.63, 3.8) is 0 Å².